The third-order valence-electron chi connectivity index (χ3n) is 3.09. The maximum Gasteiger partial charge on any atom is 0.223 e. The summed E-state index contributed by atoms with van der Waals surface area (Å²) >= 11 is 0. The third-order valence-corrected chi connectivity index (χ3v) is 3.09. The SMILES string of the molecule is CC1CC1C(=O)N[C@H]1CCCNC1. The Kier molecular flexibility index (Phi) is 2.54. The Morgan fingerprint density at radius 1 is 1.54 bits per heavy atom. The van der Waals surface area contributed by atoms with E-state index in [-0.39, 0.29) is 5.91 Å². The summed E-state index contributed by atoms with van der Waals surface area (Å²) < 4.78 is 0. The molecule has 2 fully saturated rings. The van der Waals surface area contributed by atoms with Crippen molar-refractivity contribution in [2.45, 2.75) is 32.2 Å². The lowest BCUT2D eigenvalue weighted by Gasteiger charge is -2.23. The third kappa shape index (κ3) is 2.21. The van der Waals surface area contributed by atoms with Crippen LogP contribution in [0, 0.1) is 11.8 Å². The van der Waals surface area contributed by atoms with E-state index in [0.29, 0.717) is 17.9 Å². The molecule has 3 nitrogen and oxygen atoms in total. The smallest absolute Gasteiger partial charge is 0.223 e. The normalized spacial score (nSPS) is 38.4. The molecule has 13 heavy (non-hydrogen) atoms. The molecule has 0 bridgehead atoms. The van der Waals surface area contributed by atoms with E-state index in [1.165, 1.54) is 6.42 Å². The molecule has 2 rings (SSSR count). The average Bonchev–Trinajstić information content (AvgIpc) is 2.84. The number of hydrogen-bond donors (Lipinski definition) is 2. The monoisotopic (exact) mass is 182 g/mol. The van der Waals surface area contributed by atoms with Gasteiger partial charge in [0.1, 0.15) is 0 Å². The first-order chi connectivity index (χ1) is 6.27. The summed E-state index contributed by atoms with van der Waals surface area (Å²) in [7, 11) is 0. The Morgan fingerprint density at radius 2 is 2.31 bits per heavy atom. The highest BCUT2D eigenvalue weighted by Gasteiger charge is 2.39. The Labute approximate surface area is 79.3 Å². The lowest BCUT2D eigenvalue weighted by Crippen LogP contribution is -2.46. The van der Waals surface area contributed by atoms with Gasteiger partial charge in [-0.15, -0.1) is 0 Å². The van der Waals surface area contributed by atoms with Crippen LogP contribution in [0.15, 0.2) is 0 Å². The van der Waals surface area contributed by atoms with E-state index in [9.17, 15) is 4.79 Å². The van der Waals surface area contributed by atoms with E-state index >= 15 is 0 Å². The lowest BCUT2D eigenvalue weighted by molar-refractivity contribution is -0.123. The second kappa shape index (κ2) is 3.66. The Bertz CT molecular complexity index is 199. The molecule has 0 radical (unpaired) electrons. The molecule has 2 unspecified atom stereocenters. The zero-order chi connectivity index (χ0) is 9.26. The van der Waals surface area contributed by atoms with Gasteiger partial charge in [-0.3, -0.25) is 4.79 Å². The van der Waals surface area contributed by atoms with E-state index in [0.717, 1.165) is 25.9 Å². The van der Waals surface area contributed by atoms with Gasteiger partial charge in [-0.05, 0) is 31.7 Å². The Hall–Kier alpha value is -0.570. The summed E-state index contributed by atoms with van der Waals surface area (Å²) in [6.45, 7) is 4.20. The van der Waals surface area contributed by atoms with E-state index in [4.69, 9.17) is 0 Å². The lowest BCUT2D eigenvalue weighted by atomic mass is 10.1. The van der Waals surface area contributed by atoms with Crippen LogP contribution >= 0.6 is 0 Å². The van der Waals surface area contributed by atoms with Gasteiger partial charge in [0.15, 0.2) is 0 Å². The molecular formula is C10H18N2O. The summed E-state index contributed by atoms with van der Waals surface area (Å²) in [6.07, 6.45) is 3.41. The molecule has 74 valence electrons. The summed E-state index contributed by atoms with van der Waals surface area (Å²) in [5.41, 5.74) is 0. The number of nitrogens with one attached hydrogen (secondary N) is 2. The fourth-order valence-electron chi connectivity index (χ4n) is 1.97. The molecule has 0 aromatic rings. The molecular weight excluding hydrogens is 164 g/mol. The van der Waals surface area contributed by atoms with Crippen molar-refractivity contribution in [3.05, 3.63) is 0 Å². The standard InChI is InChI=1S/C10H18N2O/c1-7-5-9(7)10(13)12-8-3-2-4-11-6-8/h7-9,11H,2-6H2,1H3,(H,12,13)/t7?,8-,9?/m0/s1. The molecule has 3 heteroatoms. The van der Waals surface area contributed by atoms with Gasteiger partial charge in [0.05, 0.1) is 0 Å². The quantitative estimate of drug-likeness (QED) is 0.653. The molecule has 0 aromatic carbocycles. The van der Waals surface area contributed by atoms with Crippen LogP contribution in [-0.2, 0) is 4.79 Å². The van der Waals surface area contributed by atoms with Crippen LogP contribution in [0.25, 0.3) is 0 Å². The summed E-state index contributed by atoms with van der Waals surface area (Å²) in [5.74, 6) is 1.22. The Morgan fingerprint density at radius 3 is 2.85 bits per heavy atom. The molecule has 1 saturated heterocycles. The average molecular weight is 182 g/mol. The first-order valence-electron chi connectivity index (χ1n) is 5.28. The van der Waals surface area contributed by atoms with Crippen LogP contribution in [0.1, 0.15) is 26.2 Å². The summed E-state index contributed by atoms with van der Waals surface area (Å²) in [4.78, 5) is 11.5. The van der Waals surface area contributed by atoms with Crippen LogP contribution < -0.4 is 10.6 Å². The molecule has 0 spiro atoms. The van der Waals surface area contributed by atoms with Gasteiger partial charge >= 0.3 is 0 Å². The fourth-order valence-corrected chi connectivity index (χ4v) is 1.97. The first kappa shape index (κ1) is 9.00. The second-order valence-electron chi connectivity index (χ2n) is 4.37. The van der Waals surface area contributed by atoms with Crippen molar-refractivity contribution in [3.63, 3.8) is 0 Å². The van der Waals surface area contributed by atoms with Crippen molar-refractivity contribution >= 4 is 5.91 Å². The molecule has 1 saturated carbocycles. The van der Waals surface area contributed by atoms with Crippen molar-refractivity contribution < 1.29 is 4.79 Å². The summed E-state index contributed by atoms with van der Waals surface area (Å²) in [5, 5.41) is 6.41. The number of carbonyl (C=O) groups excluding carboxylic acids is 1. The van der Waals surface area contributed by atoms with Crippen molar-refractivity contribution in [2.75, 3.05) is 13.1 Å². The van der Waals surface area contributed by atoms with Crippen LogP contribution in [-0.4, -0.2) is 25.0 Å². The minimum absolute atomic E-state index is 0.279. The van der Waals surface area contributed by atoms with Crippen molar-refractivity contribution in [2.24, 2.45) is 11.8 Å². The van der Waals surface area contributed by atoms with Crippen LogP contribution in [0.3, 0.4) is 0 Å². The minimum atomic E-state index is 0.279. The number of amides is 1. The van der Waals surface area contributed by atoms with Crippen molar-refractivity contribution in [3.8, 4) is 0 Å². The molecule has 3 atom stereocenters. The van der Waals surface area contributed by atoms with E-state index in [2.05, 4.69) is 17.6 Å². The van der Waals surface area contributed by atoms with Gasteiger partial charge < -0.3 is 10.6 Å². The number of hydrogen-bond acceptors (Lipinski definition) is 2. The van der Waals surface area contributed by atoms with Gasteiger partial charge in [0.2, 0.25) is 5.91 Å². The molecule has 1 aliphatic carbocycles. The fraction of sp³-hybridized carbons (Fsp3) is 0.900. The maximum atomic E-state index is 11.5. The summed E-state index contributed by atoms with van der Waals surface area (Å²) in [6, 6.07) is 0.383. The Balaban J connectivity index is 1.73. The highest BCUT2D eigenvalue weighted by atomic mass is 16.2. The molecule has 2 aliphatic rings. The van der Waals surface area contributed by atoms with Gasteiger partial charge in [-0.2, -0.15) is 0 Å². The highest BCUT2D eigenvalue weighted by Crippen LogP contribution is 2.37. The van der Waals surface area contributed by atoms with Gasteiger partial charge in [0.25, 0.3) is 0 Å². The van der Waals surface area contributed by atoms with Crippen LogP contribution in [0.2, 0.25) is 0 Å². The van der Waals surface area contributed by atoms with E-state index in [1.807, 2.05) is 0 Å². The maximum absolute atomic E-state index is 11.5. The van der Waals surface area contributed by atoms with Crippen LogP contribution in [0.5, 0.6) is 0 Å². The molecule has 0 aromatic heterocycles. The zero-order valence-corrected chi connectivity index (χ0v) is 8.18. The first-order valence-corrected chi connectivity index (χ1v) is 5.28. The highest BCUT2D eigenvalue weighted by molar-refractivity contribution is 5.81. The van der Waals surface area contributed by atoms with Crippen molar-refractivity contribution in [1.82, 2.24) is 10.6 Å². The number of carbonyl (C=O) groups is 1. The zero-order valence-electron chi connectivity index (χ0n) is 8.18. The predicted molar refractivity (Wildman–Crippen MR) is 51.3 cm³/mol. The molecule has 1 heterocycles. The van der Waals surface area contributed by atoms with E-state index < -0.39 is 0 Å². The number of rotatable bonds is 2. The van der Waals surface area contributed by atoms with Crippen molar-refractivity contribution in [1.29, 1.82) is 0 Å². The van der Waals surface area contributed by atoms with Gasteiger partial charge in [-0.25, -0.2) is 0 Å². The largest absolute Gasteiger partial charge is 0.352 e. The predicted octanol–water partition coefficient (Wildman–Crippen LogP) is 0.511. The molecule has 1 aliphatic heterocycles. The minimum Gasteiger partial charge on any atom is -0.352 e. The van der Waals surface area contributed by atoms with Crippen LogP contribution in [0.4, 0.5) is 0 Å². The topological polar surface area (TPSA) is 41.1 Å². The molecule has 1 amide bonds. The second-order valence-corrected chi connectivity index (χ2v) is 4.37. The number of piperidine rings is 1. The van der Waals surface area contributed by atoms with Gasteiger partial charge in [-0.1, -0.05) is 6.92 Å². The van der Waals surface area contributed by atoms with Gasteiger partial charge in [0, 0.05) is 18.5 Å². The molecule has 2 N–H and O–H groups in total. The van der Waals surface area contributed by atoms with E-state index in [1.54, 1.807) is 0 Å².